The van der Waals surface area contributed by atoms with Gasteiger partial charge in [0.05, 0.1) is 4.90 Å². The molecule has 1 amide bonds. The first-order chi connectivity index (χ1) is 11.5. The van der Waals surface area contributed by atoms with Crippen LogP contribution in [0.15, 0.2) is 40.6 Å². The summed E-state index contributed by atoms with van der Waals surface area (Å²) in [5, 5.41) is 4.84. The average Bonchev–Trinajstić information content (AvgIpc) is 2.99. The zero-order valence-corrected chi connectivity index (χ0v) is 14.9. The van der Waals surface area contributed by atoms with Crippen LogP contribution in [0.1, 0.15) is 29.7 Å². The second-order valence-electron chi connectivity index (χ2n) is 5.80. The summed E-state index contributed by atoms with van der Waals surface area (Å²) in [6.07, 6.45) is 3.54. The highest BCUT2D eigenvalue weighted by molar-refractivity contribution is 7.89. The van der Waals surface area contributed by atoms with E-state index in [9.17, 15) is 13.2 Å². The summed E-state index contributed by atoms with van der Waals surface area (Å²) in [5.41, 5.74) is 1.59. The Labute approximate surface area is 146 Å². The first kappa shape index (κ1) is 17.1. The molecule has 1 aliphatic rings. The Balaban J connectivity index is 1.64. The number of aryl methyl sites for hydroxylation is 2. The molecule has 0 unspecified atom stereocenters. The zero-order chi connectivity index (χ0) is 17.0. The molecule has 0 spiro atoms. The number of thiophene rings is 1. The Kier molecular flexibility index (Phi) is 5.33. The highest BCUT2D eigenvalue weighted by Crippen LogP contribution is 2.25. The zero-order valence-electron chi connectivity index (χ0n) is 13.2. The molecule has 1 aliphatic heterocycles. The second-order valence-corrected chi connectivity index (χ2v) is 8.60. The maximum Gasteiger partial charge on any atom is 0.240 e. The molecule has 7 heteroatoms. The van der Waals surface area contributed by atoms with Crippen LogP contribution in [0.25, 0.3) is 0 Å². The number of sulfonamides is 1. The first-order valence-electron chi connectivity index (χ1n) is 7.99. The molecule has 3 rings (SSSR count). The number of hydrogen-bond acceptors (Lipinski definition) is 4. The van der Waals surface area contributed by atoms with Crippen LogP contribution < -0.4 is 10.0 Å². The lowest BCUT2D eigenvalue weighted by molar-refractivity contribution is -0.116. The fourth-order valence-corrected chi connectivity index (χ4v) is 4.60. The molecule has 0 atom stereocenters. The van der Waals surface area contributed by atoms with Crippen molar-refractivity contribution in [2.75, 3.05) is 11.9 Å². The van der Waals surface area contributed by atoms with E-state index in [1.807, 2.05) is 11.4 Å². The van der Waals surface area contributed by atoms with Crippen molar-refractivity contribution in [3.63, 3.8) is 0 Å². The van der Waals surface area contributed by atoms with Gasteiger partial charge in [-0.1, -0.05) is 6.07 Å². The van der Waals surface area contributed by atoms with Crippen molar-refractivity contribution in [2.24, 2.45) is 0 Å². The molecule has 0 saturated heterocycles. The molecule has 0 fully saturated rings. The third-order valence-electron chi connectivity index (χ3n) is 3.98. The highest BCUT2D eigenvalue weighted by atomic mass is 32.2. The molecule has 1 aromatic carbocycles. The van der Waals surface area contributed by atoms with Crippen LogP contribution in [0, 0.1) is 0 Å². The summed E-state index contributed by atoms with van der Waals surface area (Å²) in [6, 6.07) is 8.95. The maximum atomic E-state index is 12.4. The highest BCUT2D eigenvalue weighted by Gasteiger charge is 2.18. The minimum Gasteiger partial charge on any atom is -0.326 e. The largest absolute Gasteiger partial charge is 0.326 e. The van der Waals surface area contributed by atoms with Crippen LogP contribution in [-0.4, -0.2) is 20.9 Å². The lowest BCUT2D eigenvalue weighted by atomic mass is 10.1. The smallest absolute Gasteiger partial charge is 0.240 e. The molecule has 2 aromatic rings. The van der Waals surface area contributed by atoms with Gasteiger partial charge in [-0.2, -0.15) is 0 Å². The van der Waals surface area contributed by atoms with Gasteiger partial charge in [-0.3, -0.25) is 4.79 Å². The van der Waals surface area contributed by atoms with Gasteiger partial charge in [0.2, 0.25) is 15.9 Å². The second kappa shape index (κ2) is 7.46. The minimum atomic E-state index is -3.52. The van der Waals surface area contributed by atoms with Crippen LogP contribution in [0.3, 0.4) is 0 Å². The summed E-state index contributed by atoms with van der Waals surface area (Å²) in [6.45, 7) is 0.411. The van der Waals surface area contributed by atoms with Crippen molar-refractivity contribution < 1.29 is 13.2 Å². The molecule has 0 bridgehead atoms. The molecule has 0 aliphatic carbocycles. The summed E-state index contributed by atoms with van der Waals surface area (Å²) < 4.78 is 27.5. The number of benzene rings is 1. The predicted octanol–water partition coefficient (Wildman–Crippen LogP) is 2.93. The molecule has 2 heterocycles. The van der Waals surface area contributed by atoms with Gasteiger partial charge in [-0.05, 0) is 60.9 Å². The van der Waals surface area contributed by atoms with Crippen LogP contribution in [-0.2, 0) is 27.7 Å². The first-order valence-corrected chi connectivity index (χ1v) is 10.4. The van der Waals surface area contributed by atoms with E-state index in [1.54, 1.807) is 29.5 Å². The van der Waals surface area contributed by atoms with Crippen LogP contribution in [0.5, 0.6) is 0 Å². The van der Waals surface area contributed by atoms with Gasteiger partial charge in [0.25, 0.3) is 0 Å². The van der Waals surface area contributed by atoms with E-state index in [0.29, 0.717) is 25.1 Å². The lowest BCUT2D eigenvalue weighted by Crippen LogP contribution is -2.25. The third-order valence-corrected chi connectivity index (χ3v) is 6.38. The summed E-state index contributed by atoms with van der Waals surface area (Å²) >= 11 is 1.68. The van der Waals surface area contributed by atoms with Crippen LogP contribution in [0.4, 0.5) is 5.69 Å². The molecule has 0 saturated carbocycles. The van der Waals surface area contributed by atoms with Gasteiger partial charge >= 0.3 is 0 Å². The van der Waals surface area contributed by atoms with Gasteiger partial charge in [-0.15, -0.1) is 11.3 Å². The SMILES string of the molecule is O=C1CCCc2cc(S(=O)(=O)NCCCc3cccs3)ccc2N1. The van der Waals surface area contributed by atoms with E-state index in [2.05, 4.69) is 16.1 Å². The Bertz CT molecular complexity index is 814. The average molecular weight is 364 g/mol. The molecule has 2 N–H and O–H groups in total. The fourth-order valence-electron chi connectivity index (χ4n) is 2.73. The van der Waals surface area contributed by atoms with Crippen molar-refractivity contribution >= 4 is 33.0 Å². The molecule has 1 aromatic heterocycles. The Morgan fingerprint density at radius 2 is 2.08 bits per heavy atom. The van der Waals surface area contributed by atoms with E-state index in [4.69, 9.17) is 0 Å². The van der Waals surface area contributed by atoms with E-state index in [1.165, 1.54) is 4.88 Å². The topological polar surface area (TPSA) is 75.3 Å². The normalized spacial score (nSPS) is 14.8. The molecule has 24 heavy (non-hydrogen) atoms. The van der Waals surface area contributed by atoms with E-state index >= 15 is 0 Å². The number of carbonyl (C=O) groups is 1. The lowest BCUT2D eigenvalue weighted by Gasteiger charge is -2.11. The molecule has 128 valence electrons. The predicted molar refractivity (Wildman–Crippen MR) is 95.8 cm³/mol. The number of carbonyl (C=O) groups excluding carboxylic acids is 1. The molecular formula is C17H20N2O3S2. The molecule has 0 radical (unpaired) electrons. The number of fused-ring (bicyclic) bond motifs is 1. The van der Waals surface area contributed by atoms with E-state index in [-0.39, 0.29) is 10.8 Å². The standard InChI is InChI=1S/C17H20N2O3S2/c20-17-7-1-4-13-12-15(8-9-16(13)19-17)24(21,22)18-10-2-5-14-6-3-11-23-14/h3,6,8-9,11-12,18H,1-2,4-5,7,10H2,(H,19,20). The minimum absolute atomic E-state index is 0.0175. The quantitative estimate of drug-likeness (QED) is 0.774. The maximum absolute atomic E-state index is 12.4. The van der Waals surface area contributed by atoms with Crippen molar-refractivity contribution in [3.8, 4) is 0 Å². The third kappa shape index (κ3) is 4.23. The van der Waals surface area contributed by atoms with Gasteiger partial charge in [0, 0.05) is 23.5 Å². The van der Waals surface area contributed by atoms with E-state index < -0.39 is 10.0 Å². The van der Waals surface area contributed by atoms with Gasteiger partial charge in [0.15, 0.2) is 0 Å². The number of rotatable bonds is 6. The Morgan fingerprint density at radius 3 is 2.88 bits per heavy atom. The fraction of sp³-hybridized carbons (Fsp3) is 0.353. The Hall–Kier alpha value is -1.70. The summed E-state index contributed by atoms with van der Waals surface area (Å²) in [4.78, 5) is 13.1. The molecule has 5 nitrogen and oxygen atoms in total. The van der Waals surface area contributed by atoms with Crippen molar-refractivity contribution in [1.29, 1.82) is 0 Å². The number of hydrogen-bond donors (Lipinski definition) is 2. The van der Waals surface area contributed by atoms with Gasteiger partial charge < -0.3 is 5.32 Å². The van der Waals surface area contributed by atoms with E-state index in [0.717, 1.165) is 24.8 Å². The summed E-state index contributed by atoms with van der Waals surface area (Å²) in [7, 11) is -3.52. The van der Waals surface area contributed by atoms with Gasteiger partial charge in [-0.25, -0.2) is 13.1 Å². The molecular weight excluding hydrogens is 344 g/mol. The van der Waals surface area contributed by atoms with Crippen LogP contribution in [0.2, 0.25) is 0 Å². The number of amides is 1. The number of anilines is 1. The Morgan fingerprint density at radius 1 is 1.21 bits per heavy atom. The van der Waals surface area contributed by atoms with Crippen molar-refractivity contribution in [1.82, 2.24) is 4.72 Å². The summed E-state index contributed by atoms with van der Waals surface area (Å²) in [5.74, 6) is -0.0175. The van der Waals surface area contributed by atoms with Crippen molar-refractivity contribution in [3.05, 3.63) is 46.2 Å². The monoisotopic (exact) mass is 364 g/mol. The van der Waals surface area contributed by atoms with Gasteiger partial charge in [0.1, 0.15) is 0 Å². The number of nitrogens with one attached hydrogen (secondary N) is 2. The van der Waals surface area contributed by atoms with Crippen LogP contribution >= 0.6 is 11.3 Å². The van der Waals surface area contributed by atoms with Crippen molar-refractivity contribution in [2.45, 2.75) is 37.0 Å².